The second kappa shape index (κ2) is 5.26. The molecule has 0 saturated carbocycles. The van der Waals surface area contributed by atoms with Crippen molar-refractivity contribution in [2.75, 3.05) is 7.11 Å². The SMILES string of the molecule is COc1ccc(Oc2nc(Cl)nc3sc(C)cc23)cc1. The van der Waals surface area contributed by atoms with Gasteiger partial charge in [0.1, 0.15) is 16.3 Å². The molecule has 0 amide bonds. The van der Waals surface area contributed by atoms with Gasteiger partial charge in [0.05, 0.1) is 12.5 Å². The number of benzene rings is 1. The molecule has 0 aliphatic carbocycles. The van der Waals surface area contributed by atoms with Gasteiger partial charge in [-0.15, -0.1) is 11.3 Å². The minimum Gasteiger partial charge on any atom is -0.497 e. The molecule has 2 aromatic heterocycles. The summed E-state index contributed by atoms with van der Waals surface area (Å²) in [6, 6.07) is 9.29. The van der Waals surface area contributed by atoms with E-state index in [9.17, 15) is 0 Å². The molecular formula is C14H11ClN2O2S. The van der Waals surface area contributed by atoms with Crippen molar-refractivity contribution in [1.29, 1.82) is 0 Å². The van der Waals surface area contributed by atoms with E-state index in [4.69, 9.17) is 21.1 Å². The second-order valence-electron chi connectivity index (χ2n) is 4.15. The number of fused-ring (bicyclic) bond motifs is 1. The van der Waals surface area contributed by atoms with Crippen LogP contribution in [0, 0.1) is 6.92 Å². The maximum absolute atomic E-state index is 5.93. The normalized spacial score (nSPS) is 10.8. The molecule has 0 unspecified atom stereocenters. The van der Waals surface area contributed by atoms with Crippen LogP contribution in [0.5, 0.6) is 17.4 Å². The summed E-state index contributed by atoms with van der Waals surface area (Å²) in [5.41, 5.74) is 0. The van der Waals surface area contributed by atoms with Gasteiger partial charge in [-0.25, -0.2) is 4.98 Å². The van der Waals surface area contributed by atoms with Crippen LogP contribution in [-0.2, 0) is 0 Å². The number of rotatable bonds is 3. The van der Waals surface area contributed by atoms with E-state index in [-0.39, 0.29) is 5.28 Å². The molecule has 0 N–H and O–H groups in total. The fourth-order valence-corrected chi connectivity index (χ4v) is 2.91. The van der Waals surface area contributed by atoms with Gasteiger partial charge in [0, 0.05) is 4.88 Å². The Morgan fingerprint density at radius 1 is 1.10 bits per heavy atom. The van der Waals surface area contributed by atoms with Crippen molar-refractivity contribution in [2.24, 2.45) is 0 Å². The van der Waals surface area contributed by atoms with Gasteiger partial charge < -0.3 is 9.47 Å². The third-order valence-electron chi connectivity index (χ3n) is 2.73. The molecule has 0 saturated heterocycles. The number of aryl methyl sites for hydroxylation is 1. The molecule has 2 heterocycles. The van der Waals surface area contributed by atoms with Crippen LogP contribution in [0.1, 0.15) is 4.88 Å². The highest BCUT2D eigenvalue weighted by Gasteiger charge is 2.11. The first-order valence-electron chi connectivity index (χ1n) is 5.91. The zero-order valence-electron chi connectivity index (χ0n) is 10.9. The highest BCUT2D eigenvalue weighted by Crippen LogP contribution is 2.33. The maximum atomic E-state index is 5.93. The van der Waals surface area contributed by atoms with Gasteiger partial charge in [-0.1, -0.05) is 0 Å². The number of nitrogens with zero attached hydrogens (tertiary/aromatic N) is 2. The van der Waals surface area contributed by atoms with E-state index in [0.29, 0.717) is 11.6 Å². The maximum Gasteiger partial charge on any atom is 0.232 e. The molecule has 4 nitrogen and oxygen atoms in total. The summed E-state index contributed by atoms with van der Waals surface area (Å²) >= 11 is 7.49. The van der Waals surface area contributed by atoms with E-state index in [0.717, 1.165) is 20.8 Å². The predicted octanol–water partition coefficient (Wildman–Crippen LogP) is 4.45. The topological polar surface area (TPSA) is 44.2 Å². The van der Waals surface area contributed by atoms with Crippen LogP contribution in [0.4, 0.5) is 0 Å². The van der Waals surface area contributed by atoms with Gasteiger partial charge in [0.2, 0.25) is 11.2 Å². The lowest BCUT2D eigenvalue weighted by Crippen LogP contribution is -1.91. The lowest BCUT2D eigenvalue weighted by Gasteiger charge is -2.06. The lowest BCUT2D eigenvalue weighted by molar-refractivity contribution is 0.412. The highest BCUT2D eigenvalue weighted by molar-refractivity contribution is 7.18. The van der Waals surface area contributed by atoms with E-state index in [2.05, 4.69) is 9.97 Å². The van der Waals surface area contributed by atoms with Crippen LogP contribution in [0.15, 0.2) is 30.3 Å². The lowest BCUT2D eigenvalue weighted by atomic mass is 10.3. The molecule has 6 heteroatoms. The van der Waals surface area contributed by atoms with E-state index < -0.39 is 0 Å². The molecule has 0 aliphatic rings. The molecule has 3 aromatic rings. The molecule has 0 atom stereocenters. The standard InChI is InChI=1S/C14H11ClN2O2S/c1-8-7-11-12(16-14(15)17-13(11)20-8)19-10-5-3-9(18-2)4-6-10/h3-7H,1-2H3. The molecule has 0 fully saturated rings. The largest absolute Gasteiger partial charge is 0.497 e. The summed E-state index contributed by atoms with van der Waals surface area (Å²) in [7, 11) is 1.62. The number of aromatic nitrogens is 2. The molecule has 0 spiro atoms. The van der Waals surface area contributed by atoms with Gasteiger partial charge in [0.25, 0.3) is 0 Å². The monoisotopic (exact) mass is 306 g/mol. The Morgan fingerprint density at radius 3 is 2.50 bits per heavy atom. The Hall–Kier alpha value is -1.85. The molecule has 20 heavy (non-hydrogen) atoms. The van der Waals surface area contributed by atoms with Crippen LogP contribution >= 0.6 is 22.9 Å². The van der Waals surface area contributed by atoms with Crippen molar-refractivity contribution in [3.8, 4) is 17.4 Å². The Balaban J connectivity index is 2.00. The molecule has 0 radical (unpaired) electrons. The van der Waals surface area contributed by atoms with Gasteiger partial charge in [-0.05, 0) is 48.9 Å². The van der Waals surface area contributed by atoms with Crippen LogP contribution < -0.4 is 9.47 Å². The molecule has 0 bridgehead atoms. The van der Waals surface area contributed by atoms with E-state index in [1.807, 2.05) is 37.3 Å². The Bertz CT molecular complexity index is 756. The third-order valence-corrected chi connectivity index (χ3v) is 3.84. The van der Waals surface area contributed by atoms with Crippen LogP contribution in [0.2, 0.25) is 5.28 Å². The summed E-state index contributed by atoms with van der Waals surface area (Å²) in [4.78, 5) is 10.3. The zero-order valence-corrected chi connectivity index (χ0v) is 12.5. The first kappa shape index (κ1) is 13.1. The first-order valence-corrected chi connectivity index (χ1v) is 7.11. The quantitative estimate of drug-likeness (QED) is 0.670. The van der Waals surface area contributed by atoms with Gasteiger partial charge in [0.15, 0.2) is 0 Å². The van der Waals surface area contributed by atoms with Crippen molar-refractivity contribution in [1.82, 2.24) is 9.97 Å². The summed E-state index contributed by atoms with van der Waals surface area (Å²) in [6.07, 6.45) is 0. The summed E-state index contributed by atoms with van der Waals surface area (Å²) in [5, 5.41) is 1.05. The number of hydrogen-bond acceptors (Lipinski definition) is 5. The minimum atomic E-state index is 0.183. The molecule has 102 valence electrons. The summed E-state index contributed by atoms with van der Waals surface area (Å²) < 4.78 is 10.9. The molecule has 1 aromatic carbocycles. The first-order chi connectivity index (χ1) is 9.65. The molecule has 3 rings (SSSR count). The number of halogens is 1. The molecular weight excluding hydrogens is 296 g/mol. The Labute approximate surface area is 125 Å². The van der Waals surface area contributed by atoms with Crippen LogP contribution in [-0.4, -0.2) is 17.1 Å². The number of hydrogen-bond donors (Lipinski definition) is 0. The van der Waals surface area contributed by atoms with E-state index in [1.54, 1.807) is 18.4 Å². The third kappa shape index (κ3) is 2.55. The van der Waals surface area contributed by atoms with Crippen molar-refractivity contribution < 1.29 is 9.47 Å². The van der Waals surface area contributed by atoms with Crippen molar-refractivity contribution >= 4 is 33.2 Å². The van der Waals surface area contributed by atoms with Crippen LogP contribution in [0.25, 0.3) is 10.2 Å². The Kier molecular flexibility index (Phi) is 3.46. The number of methoxy groups -OCH3 is 1. The smallest absolute Gasteiger partial charge is 0.232 e. The van der Waals surface area contributed by atoms with E-state index in [1.165, 1.54) is 0 Å². The molecule has 0 aliphatic heterocycles. The van der Waals surface area contributed by atoms with Gasteiger partial charge in [-0.2, -0.15) is 4.98 Å². The van der Waals surface area contributed by atoms with Crippen molar-refractivity contribution in [3.05, 3.63) is 40.5 Å². The van der Waals surface area contributed by atoms with E-state index >= 15 is 0 Å². The Morgan fingerprint density at radius 2 is 1.80 bits per heavy atom. The van der Waals surface area contributed by atoms with Gasteiger partial charge in [-0.3, -0.25) is 0 Å². The predicted molar refractivity (Wildman–Crippen MR) is 80.2 cm³/mol. The number of ether oxygens (including phenoxy) is 2. The van der Waals surface area contributed by atoms with Crippen molar-refractivity contribution in [2.45, 2.75) is 6.92 Å². The fourth-order valence-electron chi connectivity index (χ4n) is 1.82. The second-order valence-corrected chi connectivity index (χ2v) is 5.72. The number of thiophene rings is 1. The van der Waals surface area contributed by atoms with Crippen LogP contribution in [0.3, 0.4) is 0 Å². The average molecular weight is 307 g/mol. The minimum absolute atomic E-state index is 0.183. The zero-order chi connectivity index (χ0) is 14.1. The highest BCUT2D eigenvalue weighted by atomic mass is 35.5. The van der Waals surface area contributed by atoms with Crippen molar-refractivity contribution in [3.63, 3.8) is 0 Å². The average Bonchev–Trinajstić information content (AvgIpc) is 2.80. The van der Waals surface area contributed by atoms with Gasteiger partial charge >= 0.3 is 0 Å². The summed E-state index contributed by atoms with van der Waals surface area (Å²) in [6.45, 7) is 2.01. The fraction of sp³-hybridized carbons (Fsp3) is 0.143. The summed E-state index contributed by atoms with van der Waals surface area (Å²) in [5.74, 6) is 1.91.